The highest BCUT2D eigenvalue weighted by Gasteiger charge is 2.39. The third-order valence-electron chi connectivity index (χ3n) is 10.1. The zero-order valence-electron chi connectivity index (χ0n) is 34.9. The fraction of sp³-hybridized carbons (Fsp3) is 0.209. The predicted octanol–water partition coefficient (Wildman–Crippen LogP) is 4.86. The van der Waals surface area contributed by atoms with Crippen molar-refractivity contribution in [1.29, 1.82) is 5.26 Å². The van der Waals surface area contributed by atoms with E-state index < -0.39 is 55.1 Å². The lowest BCUT2D eigenvalue weighted by Crippen LogP contribution is -2.46. The second-order valence-corrected chi connectivity index (χ2v) is 18.8. The Morgan fingerprint density at radius 2 is 1.42 bits per heavy atom. The van der Waals surface area contributed by atoms with Crippen LogP contribution in [0.3, 0.4) is 0 Å². The number of aliphatic hydroxyl groups is 1. The van der Waals surface area contributed by atoms with Gasteiger partial charge in [-0.3, -0.25) is 0 Å². The van der Waals surface area contributed by atoms with Crippen LogP contribution in [0.4, 0.5) is 4.79 Å². The van der Waals surface area contributed by atoms with Crippen molar-refractivity contribution < 1.29 is 46.1 Å². The molecule has 336 valence electrons. The predicted molar refractivity (Wildman–Crippen MR) is 238 cm³/mol. The fourth-order valence-corrected chi connectivity index (χ4v) is 11.3. The second kappa shape index (κ2) is 19.8. The largest absolute Gasteiger partial charge is 0.497 e. The maximum Gasteiger partial charge on any atom is 0.404 e. The number of sulfonamides is 2. The second-order valence-electron chi connectivity index (χ2n) is 14.2. The van der Waals surface area contributed by atoms with Crippen LogP contribution in [-0.2, 0) is 39.7 Å². The maximum absolute atomic E-state index is 16.0. The molecule has 4 N–H and O–H groups in total. The molecule has 7 rings (SSSR count). The van der Waals surface area contributed by atoms with Crippen LogP contribution in [0.5, 0.6) is 17.2 Å². The van der Waals surface area contributed by atoms with Gasteiger partial charge in [-0.25, -0.2) is 31.3 Å². The Morgan fingerprint density at radius 3 is 1.95 bits per heavy atom. The van der Waals surface area contributed by atoms with E-state index in [4.69, 9.17) is 14.2 Å². The Balaban J connectivity index is 1.52. The number of ether oxygens (including phenoxy) is 3. The molecule has 0 saturated carbocycles. The van der Waals surface area contributed by atoms with E-state index in [0.717, 1.165) is 27.3 Å². The Morgan fingerprint density at radius 1 is 0.831 bits per heavy atom. The summed E-state index contributed by atoms with van der Waals surface area (Å²) < 4.78 is 81.4. The van der Waals surface area contributed by atoms with E-state index in [-0.39, 0.29) is 41.6 Å². The highest BCUT2D eigenvalue weighted by molar-refractivity contribution is 7.92. The van der Waals surface area contributed by atoms with Crippen molar-refractivity contribution in [3.63, 3.8) is 0 Å². The van der Waals surface area contributed by atoms with Crippen LogP contribution in [0.25, 0.3) is 32.7 Å². The molecule has 0 bridgehead atoms. The summed E-state index contributed by atoms with van der Waals surface area (Å²) in [5.74, 6) is 1.36. The normalized spacial score (nSPS) is 12.2. The van der Waals surface area contributed by atoms with Crippen molar-refractivity contribution in [1.82, 2.24) is 39.5 Å². The van der Waals surface area contributed by atoms with Gasteiger partial charge in [0, 0.05) is 25.2 Å². The van der Waals surface area contributed by atoms with Crippen molar-refractivity contribution in [2.24, 2.45) is 0 Å². The van der Waals surface area contributed by atoms with Gasteiger partial charge < -0.3 is 29.7 Å². The quantitative estimate of drug-likeness (QED) is 0.0844. The zero-order valence-corrected chi connectivity index (χ0v) is 37.4. The van der Waals surface area contributed by atoms with Gasteiger partial charge in [-0.1, -0.05) is 54.6 Å². The minimum absolute atomic E-state index is 0.0664. The Labute approximate surface area is 377 Å². The third kappa shape index (κ3) is 10.4. The summed E-state index contributed by atoms with van der Waals surface area (Å²) >= 11 is 1.11. The van der Waals surface area contributed by atoms with Crippen molar-refractivity contribution in [3.05, 3.63) is 125 Å². The average Bonchev–Trinajstić information content (AvgIpc) is 3.97. The summed E-state index contributed by atoms with van der Waals surface area (Å²) in [6.07, 6.45) is -1.48. The number of nitriles is 1. The zero-order chi connectivity index (χ0) is 46.3. The van der Waals surface area contributed by atoms with Gasteiger partial charge in [0.05, 0.1) is 56.3 Å². The minimum Gasteiger partial charge on any atom is -0.497 e. The number of aromatic nitrogens is 5. The molecule has 2 heterocycles. The van der Waals surface area contributed by atoms with Gasteiger partial charge >= 0.3 is 6.09 Å². The van der Waals surface area contributed by atoms with Crippen LogP contribution >= 0.6 is 11.3 Å². The minimum atomic E-state index is -5.05. The number of carbonyl (C=O) groups is 1. The summed E-state index contributed by atoms with van der Waals surface area (Å²) in [7, 11) is -5.51. The van der Waals surface area contributed by atoms with E-state index in [1.54, 1.807) is 91.0 Å². The number of carboxylic acid groups (broad SMARTS) is 1. The van der Waals surface area contributed by atoms with E-state index in [0.29, 0.717) is 44.2 Å². The molecule has 7 aromatic rings. The van der Waals surface area contributed by atoms with Gasteiger partial charge in [0.1, 0.15) is 33.1 Å². The Bertz CT molecular complexity index is 3030. The number of fused-ring (bicyclic) bond motifs is 1. The molecule has 0 fully saturated rings. The summed E-state index contributed by atoms with van der Waals surface area (Å²) in [6, 6.07) is 28.6. The van der Waals surface area contributed by atoms with Gasteiger partial charge in [0.25, 0.3) is 0 Å². The van der Waals surface area contributed by atoms with Crippen LogP contribution in [0.1, 0.15) is 21.7 Å². The average molecular weight is 940 g/mol. The number of tetrazole rings is 1. The number of methoxy groups -OCH3 is 3. The SMILES string of the molecule is COc1ccc(CN(Cc2ccc(OC)cc2)S(=O)(=O)c2c(S(=O)(=O)NC(CO)CNC(=O)O)ccc(-c3cccc4sc(C#N)nc34)c2-c2nnn(Cc3ccc(OC)cc3)n2)cc1. The molecule has 1 unspecified atom stereocenters. The van der Waals surface area contributed by atoms with E-state index >= 15 is 8.42 Å². The molecule has 1 atom stereocenters. The molecule has 2 aromatic heterocycles. The molecule has 65 heavy (non-hydrogen) atoms. The number of aliphatic hydroxyl groups excluding tert-OH is 1. The molecule has 0 saturated heterocycles. The monoisotopic (exact) mass is 939 g/mol. The highest BCUT2D eigenvalue weighted by Crippen LogP contribution is 2.43. The molecule has 1 amide bonds. The first-order valence-electron chi connectivity index (χ1n) is 19.5. The molecule has 0 spiro atoms. The Kier molecular flexibility index (Phi) is 14.0. The number of nitrogens with one attached hydrogen (secondary N) is 2. The number of amides is 1. The standard InChI is InChI=1S/C43H41N9O10S3/c1-60-31-13-7-27(8-14-31)23-51(24-28-9-15-32(61-2)16-10-28)65(58,59)41-37(64(56,57)49-30(26-53)22-45-43(54)55)20-19-34(35-5-4-6-36-40(35)46-38(21-44)63-36)39(41)42-47-50-52(48-42)25-29-11-17-33(62-3)18-12-29/h4-20,30,45,49,53H,22-26H2,1-3H3,(H,54,55). The summed E-state index contributed by atoms with van der Waals surface area (Å²) in [5.41, 5.74) is 2.27. The van der Waals surface area contributed by atoms with Crippen LogP contribution in [0.2, 0.25) is 0 Å². The summed E-state index contributed by atoms with van der Waals surface area (Å²) in [5, 5.41) is 44.7. The first-order valence-corrected chi connectivity index (χ1v) is 23.2. The third-order valence-corrected chi connectivity index (χ3v) is 14.5. The molecule has 22 heteroatoms. The summed E-state index contributed by atoms with van der Waals surface area (Å²) in [4.78, 5) is 15.6. The molecular formula is C43H41N9O10S3. The van der Waals surface area contributed by atoms with Gasteiger partial charge in [0.2, 0.25) is 25.9 Å². The first-order chi connectivity index (χ1) is 31.3. The molecule has 0 aliphatic heterocycles. The number of thiazole rings is 1. The molecule has 0 aliphatic carbocycles. The lowest BCUT2D eigenvalue weighted by molar-refractivity contribution is 0.190. The topological polar surface area (TPSA) is 261 Å². The summed E-state index contributed by atoms with van der Waals surface area (Å²) in [6.45, 7) is -1.91. The van der Waals surface area contributed by atoms with Gasteiger partial charge in [-0.15, -0.1) is 21.5 Å². The van der Waals surface area contributed by atoms with Crippen LogP contribution in [-0.4, -0.2) is 103 Å². The molecule has 5 aromatic carbocycles. The van der Waals surface area contributed by atoms with Gasteiger partial charge in [-0.05, 0) is 76.0 Å². The molecule has 0 aliphatic rings. The highest BCUT2D eigenvalue weighted by atomic mass is 32.2. The first kappa shape index (κ1) is 46.0. The number of hydrogen-bond donors (Lipinski definition) is 4. The molecule has 0 radical (unpaired) electrons. The number of nitrogens with zero attached hydrogens (tertiary/aromatic N) is 7. The van der Waals surface area contributed by atoms with E-state index in [9.17, 15) is 28.7 Å². The van der Waals surface area contributed by atoms with Crippen molar-refractivity contribution in [2.45, 2.75) is 35.5 Å². The molecule has 19 nitrogen and oxygen atoms in total. The number of para-hydroxylation sites is 1. The lowest BCUT2D eigenvalue weighted by atomic mass is 9.98. The molecular weight excluding hydrogens is 899 g/mol. The van der Waals surface area contributed by atoms with Crippen LogP contribution in [0, 0.1) is 11.3 Å². The van der Waals surface area contributed by atoms with Crippen molar-refractivity contribution >= 4 is 47.7 Å². The number of rotatable bonds is 19. The lowest BCUT2D eigenvalue weighted by Gasteiger charge is -2.27. The van der Waals surface area contributed by atoms with Crippen molar-refractivity contribution in [2.75, 3.05) is 34.5 Å². The van der Waals surface area contributed by atoms with E-state index in [1.165, 1.54) is 32.2 Å². The fourth-order valence-electron chi connectivity index (χ4n) is 6.86. The number of hydrogen-bond acceptors (Lipinski definition) is 15. The van der Waals surface area contributed by atoms with E-state index in [2.05, 4.69) is 25.1 Å². The van der Waals surface area contributed by atoms with Gasteiger partial charge in [-0.2, -0.15) is 14.4 Å². The maximum atomic E-state index is 16.0. The Hall–Kier alpha value is -7.00. The smallest absolute Gasteiger partial charge is 0.404 e. The number of benzene rings is 5. The van der Waals surface area contributed by atoms with Crippen molar-refractivity contribution in [3.8, 4) is 45.8 Å². The van der Waals surface area contributed by atoms with E-state index in [1.807, 2.05) is 11.4 Å². The van der Waals surface area contributed by atoms with Crippen LogP contribution < -0.4 is 24.2 Å². The van der Waals surface area contributed by atoms with Gasteiger partial charge in [0.15, 0.2) is 5.01 Å². The van der Waals surface area contributed by atoms with Crippen LogP contribution in [0.15, 0.2) is 113 Å².